The molecule has 0 bridgehead atoms. The average molecular weight is 339 g/mol. The van der Waals surface area contributed by atoms with Crippen molar-refractivity contribution in [2.45, 2.75) is 72.4 Å². The van der Waals surface area contributed by atoms with E-state index in [1.54, 1.807) is 7.11 Å². The second-order valence-electron chi connectivity index (χ2n) is 5.87. The molecule has 0 aromatic heterocycles. The summed E-state index contributed by atoms with van der Waals surface area (Å²) in [4.78, 5) is 2.41. The zero-order valence-electron chi connectivity index (χ0n) is 16.5. The fraction of sp³-hybridized carbons (Fsp3) is 0.700. The first-order valence-corrected chi connectivity index (χ1v) is 9.40. The molecule has 0 aliphatic carbocycles. The second-order valence-corrected chi connectivity index (χ2v) is 5.87. The Morgan fingerprint density at radius 3 is 2.42 bits per heavy atom. The third-order valence-electron chi connectivity index (χ3n) is 4.18. The first kappa shape index (κ1) is 22.7. The van der Waals surface area contributed by atoms with Crippen molar-refractivity contribution in [3.8, 4) is 5.75 Å². The Balaban J connectivity index is 0.000000400. The molecule has 1 fully saturated rings. The number of β-amino-alcohol motifs (C(OH)–C–C–N with tert-alkyl or cyclic N) is 1. The van der Waals surface area contributed by atoms with Crippen LogP contribution in [0.15, 0.2) is 18.2 Å². The molecular weight excluding hydrogens is 300 g/mol. The Kier molecular flexibility index (Phi) is 12.4. The van der Waals surface area contributed by atoms with Crippen LogP contribution in [0.3, 0.4) is 0 Å². The van der Waals surface area contributed by atoms with Crippen LogP contribution in [0.1, 0.15) is 59.4 Å². The molecule has 1 aromatic rings. The van der Waals surface area contributed by atoms with Crippen LogP contribution in [-0.2, 0) is 6.42 Å². The molecule has 0 spiro atoms. The Morgan fingerprint density at radius 1 is 1.25 bits per heavy atom. The highest BCUT2D eigenvalue weighted by Crippen LogP contribution is 2.21. The lowest BCUT2D eigenvalue weighted by Gasteiger charge is -2.21. The van der Waals surface area contributed by atoms with E-state index in [2.05, 4.69) is 25.7 Å². The highest BCUT2D eigenvalue weighted by molar-refractivity contribution is 5.48. The number of benzene rings is 1. The van der Waals surface area contributed by atoms with E-state index in [1.165, 1.54) is 18.4 Å². The van der Waals surface area contributed by atoms with E-state index in [-0.39, 0.29) is 6.10 Å². The van der Waals surface area contributed by atoms with Gasteiger partial charge in [-0.1, -0.05) is 40.7 Å². The topological polar surface area (TPSA) is 58.7 Å². The maximum atomic E-state index is 9.39. The lowest BCUT2D eigenvalue weighted by atomic mass is 10.1. The summed E-state index contributed by atoms with van der Waals surface area (Å²) < 4.78 is 5.14. The number of ether oxygens (including phenoxy) is 1. The fourth-order valence-corrected chi connectivity index (χ4v) is 3.00. The first-order valence-electron chi connectivity index (χ1n) is 9.40. The third-order valence-corrected chi connectivity index (χ3v) is 4.18. The number of nitrogens with zero attached hydrogens (tertiary/aromatic N) is 1. The van der Waals surface area contributed by atoms with Crippen LogP contribution in [0.4, 0.5) is 5.69 Å². The fourth-order valence-electron chi connectivity index (χ4n) is 3.00. The van der Waals surface area contributed by atoms with Gasteiger partial charge in [0, 0.05) is 24.3 Å². The van der Waals surface area contributed by atoms with Gasteiger partial charge in [0.05, 0.1) is 13.2 Å². The van der Waals surface area contributed by atoms with E-state index in [4.69, 9.17) is 10.5 Å². The number of nitrogen functional groups attached to an aromatic ring is 1. The van der Waals surface area contributed by atoms with E-state index in [0.717, 1.165) is 37.4 Å². The molecule has 4 heteroatoms. The number of nitrogens with two attached hydrogens (primary N) is 1. The summed E-state index contributed by atoms with van der Waals surface area (Å²) in [6.45, 7) is 12.5. The maximum Gasteiger partial charge on any atom is 0.124 e. The number of rotatable bonds is 5. The zero-order valence-corrected chi connectivity index (χ0v) is 16.5. The van der Waals surface area contributed by atoms with Crippen LogP contribution in [-0.4, -0.2) is 42.4 Å². The summed E-state index contributed by atoms with van der Waals surface area (Å²) in [5.74, 6) is 0.882. The highest BCUT2D eigenvalue weighted by Gasteiger charge is 2.28. The van der Waals surface area contributed by atoms with Crippen molar-refractivity contribution in [2.75, 3.05) is 25.9 Å². The van der Waals surface area contributed by atoms with Gasteiger partial charge >= 0.3 is 0 Å². The molecule has 1 aromatic carbocycles. The van der Waals surface area contributed by atoms with Gasteiger partial charge in [0.2, 0.25) is 0 Å². The predicted octanol–water partition coefficient (Wildman–Crippen LogP) is 4.11. The van der Waals surface area contributed by atoms with Crippen molar-refractivity contribution in [1.29, 1.82) is 0 Å². The summed E-state index contributed by atoms with van der Waals surface area (Å²) in [5.41, 5.74) is 7.52. The van der Waals surface area contributed by atoms with Crippen molar-refractivity contribution in [1.82, 2.24) is 4.90 Å². The van der Waals surface area contributed by atoms with Crippen molar-refractivity contribution in [3.63, 3.8) is 0 Å². The van der Waals surface area contributed by atoms with E-state index < -0.39 is 0 Å². The van der Waals surface area contributed by atoms with E-state index >= 15 is 0 Å². The summed E-state index contributed by atoms with van der Waals surface area (Å²) in [6.07, 6.45) is 4.27. The zero-order chi connectivity index (χ0) is 18.5. The number of aliphatic hydroxyl groups is 1. The van der Waals surface area contributed by atoms with Gasteiger partial charge in [-0.25, -0.2) is 0 Å². The van der Waals surface area contributed by atoms with E-state index in [9.17, 15) is 5.11 Å². The lowest BCUT2D eigenvalue weighted by Crippen LogP contribution is -2.29. The van der Waals surface area contributed by atoms with Crippen LogP contribution < -0.4 is 10.5 Å². The molecule has 0 amide bonds. The first-order chi connectivity index (χ1) is 11.5. The van der Waals surface area contributed by atoms with Crippen LogP contribution >= 0.6 is 0 Å². The summed E-state index contributed by atoms with van der Waals surface area (Å²) in [5, 5.41) is 9.39. The molecule has 2 atom stereocenters. The molecule has 1 aliphatic rings. The van der Waals surface area contributed by atoms with Crippen molar-refractivity contribution < 1.29 is 9.84 Å². The minimum atomic E-state index is -0.0634. The monoisotopic (exact) mass is 338 g/mol. The standard InChI is InChI=1S/C9H13NO.C9H19NO.C2H6/c1-3-7-4-5-8(10)6-9(7)11-2;1-3-5-10-7-9(11)6-8(10)4-2;1-2/h4-6H,3,10H2,1-2H3;8-9,11H,3-7H2,1-2H3;1-2H3. The number of aryl methyl sites for hydroxylation is 1. The van der Waals surface area contributed by atoms with Gasteiger partial charge in [0.15, 0.2) is 0 Å². The summed E-state index contributed by atoms with van der Waals surface area (Å²) in [7, 11) is 1.66. The SMILES string of the molecule is CC.CCCN1CC(O)CC1CC.CCc1ccc(N)cc1OC. The molecule has 24 heavy (non-hydrogen) atoms. The normalized spacial score (nSPS) is 19.8. The van der Waals surface area contributed by atoms with Gasteiger partial charge < -0.3 is 15.6 Å². The number of methoxy groups -OCH3 is 1. The molecule has 0 radical (unpaired) electrons. The van der Waals surface area contributed by atoms with E-state index in [1.807, 2.05) is 32.0 Å². The number of likely N-dealkylation sites (tertiary alicyclic amines) is 1. The molecule has 0 saturated carbocycles. The Labute approximate surface area is 149 Å². The number of aliphatic hydroxyl groups excluding tert-OH is 1. The molecule has 1 aliphatic heterocycles. The Bertz CT molecular complexity index is 438. The minimum Gasteiger partial charge on any atom is -0.496 e. The summed E-state index contributed by atoms with van der Waals surface area (Å²) in [6, 6.07) is 6.37. The van der Waals surface area contributed by atoms with Gasteiger partial charge in [-0.2, -0.15) is 0 Å². The lowest BCUT2D eigenvalue weighted by molar-refractivity contribution is 0.175. The van der Waals surface area contributed by atoms with Gasteiger partial charge in [0.25, 0.3) is 0 Å². The van der Waals surface area contributed by atoms with Crippen molar-refractivity contribution in [3.05, 3.63) is 23.8 Å². The second kappa shape index (κ2) is 13.1. The Hall–Kier alpha value is -1.26. The number of anilines is 1. The molecule has 140 valence electrons. The highest BCUT2D eigenvalue weighted by atomic mass is 16.5. The number of hydrogen-bond donors (Lipinski definition) is 2. The average Bonchev–Trinajstić information content (AvgIpc) is 2.97. The molecule has 3 N–H and O–H groups in total. The quantitative estimate of drug-likeness (QED) is 0.793. The minimum absolute atomic E-state index is 0.0634. The third kappa shape index (κ3) is 7.54. The van der Waals surface area contributed by atoms with Crippen molar-refractivity contribution in [2.24, 2.45) is 0 Å². The molecule has 1 saturated heterocycles. The van der Waals surface area contributed by atoms with Gasteiger partial charge in [-0.15, -0.1) is 0 Å². The Morgan fingerprint density at radius 2 is 1.92 bits per heavy atom. The van der Waals surface area contributed by atoms with Gasteiger partial charge in [-0.05, 0) is 43.9 Å². The largest absolute Gasteiger partial charge is 0.496 e. The molecule has 2 unspecified atom stereocenters. The number of hydrogen-bond acceptors (Lipinski definition) is 4. The molecule has 4 nitrogen and oxygen atoms in total. The molecule has 2 rings (SSSR count). The van der Waals surface area contributed by atoms with Gasteiger partial charge in [-0.3, -0.25) is 4.90 Å². The van der Waals surface area contributed by atoms with Crippen LogP contribution in [0.25, 0.3) is 0 Å². The van der Waals surface area contributed by atoms with Crippen LogP contribution in [0, 0.1) is 0 Å². The van der Waals surface area contributed by atoms with Crippen LogP contribution in [0.2, 0.25) is 0 Å². The van der Waals surface area contributed by atoms with Crippen LogP contribution in [0.5, 0.6) is 5.75 Å². The predicted molar refractivity (Wildman–Crippen MR) is 105 cm³/mol. The smallest absolute Gasteiger partial charge is 0.124 e. The van der Waals surface area contributed by atoms with E-state index in [0.29, 0.717) is 6.04 Å². The van der Waals surface area contributed by atoms with Gasteiger partial charge in [0.1, 0.15) is 5.75 Å². The summed E-state index contributed by atoms with van der Waals surface area (Å²) >= 11 is 0. The molecular formula is C20H38N2O2. The maximum absolute atomic E-state index is 9.39. The van der Waals surface area contributed by atoms with Crippen molar-refractivity contribution >= 4 is 5.69 Å². The molecule has 1 heterocycles.